The minimum atomic E-state index is -0.457. The van der Waals surface area contributed by atoms with E-state index >= 15 is 0 Å². The van der Waals surface area contributed by atoms with E-state index in [1.54, 1.807) is 22.9 Å². The Hall–Kier alpha value is -2.45. The standard InChI is InChI=1S/C16H13N3O3S2/c1-10-3-4-11(2)17(10)18-15(20)14(24-16(18)23)9-12-5-7-13(8-6-12)19(21)22/h3-9H,1-2H3/b14-9+. The number of carbonyl (C=O) groups excluding carboxylic acids is 1. The van der Waals surface area contributed by atoms with Gasteiger partial charge in [-0.3, -0.25) is 19.6 Å². The second kappa shape index (κ2) is 6.21. The molecule has 3 rings (SSSR count). The zero-order valence-corrected chi connectivity index (χ0v) is 14.6. The second-order valence-electron chi connectivity index (χ2n) is 5.27. The van der Waals surface area contributed by atoms with E-state index in [0.717, 1.165) is 11.4 Å². The molecular formula is C16H13N3O3S2. The Morgan fingerprint density at radius 3 is 2.25 bits per heavy atom. The molecule has 0 bridgehead atoms. The zero-order chi connectivity index (χ0) is 17.4. The molecule has 1 fully saturated rings. The van der Waals surface area contributed by atoms with E-state index in [1.807, 2.05) is 26.0 Å². The maximum atomic E-state index is 12.7. The van der Waals surface area contributed by atoms with Crippen LogP contribution in [0.1, 0.15) is 17.0 Å². The normalized spacial score (nSPS) is 16.2. The third-order valence-corrected chi connectivity index (χ3v) is 4.89. The number of hydrogen-bond acceptors (Lipinski definition) is 5. The zero-order valence-electron chi connectivity index (χ0n) is 12.9. The highest BCUT2D eigenvalue weighted by Gasteiger charge is 2.34. The van der Waals surface area contributed by atoms with Crippen LogP contribution in [0.5, 0.6) is 0 Å². The summed E-state index contributed by atoms with van der Waals surface area (Å²) in [6.45, 7) is 3.82. The molecule has 6 nitrogen and oxygen atoms in total. The molecule has 2 aromatic rings. The Labute approximate surface area is 147 Å². The Balaban J connectivity index is 1.92. The number of nitro groups is 1. The first-order chi connectivity index (χ1) is 11.4. The fraction of sp³-hybridized carbons (Fsp3) is 0.125. The van der Waals surface area contributed by atoms with Crippen molar-refractivity contribution < 1.29 is 9.72 Å². The van der Waals surface area contributed by atoms with Gasteiger partial charge in [-0.15, -0.1) is 0 Å². The van der Waals surface area contributed by atoms with Crippen LogP contribution in [0.25, 0.3) is 6.08 Å². The van der Waals surface area contributed by atoms with Gasteiger partial charge in [0.25, 0.3) is 11.6 Å². The molecule has 1 aromatic carbocycles. The highest BCUT2D eigenvalue weighted by molar-refractivity contribution is 8.27. The summed E-state index contributed by atoms with van der Waals surface area (Å²) >= 11 is 6.57. The first kappa shape index (κ1) is 16.4. The molecule has 0 N–H and O–H groups in total. The van der Waals surface area contributed by atoms with E-state index in [4.69, 9.17) is 12.2 Å². The number of carbonyl (C=O) groups is 1. The van der Waals surface area contributed by atoms with Crippen LogP contribution in [-0.4, -0.2) is 19.8 Å². The van der Waals surface area contributed by atoms with Crippen LogP contribution < -0.4 is 5.01 Å². The Morgan fingerprint density at radius 2 is 1.71 bits per heavy atom. The molecule has 0 radical (unpaired) electrons. The molecule has 1 aliphatic rings. The number of aryl methyl sites for hydroxylation is 2. The molecule has 0 aliphatic carbocycles. The lowest BCUT2D eigenvalue weighted by Gasteiger charge is -2.20. The number of nitro benzene ring substituents is 1. The first-order valence-electron chi connectivity index (χ1n) is 7.06. The lowest BCUT2D eigenvalue weighted by atomic mass is 10.2. The minimum Gasteiger partial charge on any atom is -0.266 e. The van der Waals surface area contributed by atoms with E-state index in [0.29, 0.717) is 14.8 Å². The molecule has 1 amide bonds. The summed E-state index contributed by atoms with van der Waals surface area (Å²) in [5.74, 6) is -0.203. The van der Waals surface area contributed by atoms with Crippen molar-refractivity contribution in [3.05, 3.63) is 68.4 Å². The van der Waals surface area contributed by atoms with Crippen molar-refractivity contribution in [1.29, 1.82) is 0 Å². The average Bonchev–Trinajstić information content (AvgIpc) is 3.00. The molecule has 24 heavy (non-hydrogen) atoms. The number of aromatic nitrogens is 1. The van der Waals surface area contributed by atoms with E-state index < -0.39 is 4.92 Å². The van der Waals surface area contributed by atoms with Crippen molar-refractivity contribution in [3.8, 4) is 0 Å². The van der Waals surface area contributed by atoms with Crippen molar-refractivity contribution in [2.45, 2.75) is 13.8 Å². The number of benzene rings is 1. The van der Waals surface area contributed by atoms with Crippen LogP contribution >= 0.6 is 24.0 Å². The molecule has 0 saturated carbocycles. The number of rotatable bonds is 3. The minimum absolute atomic E-state index is 0.0123. The Bertz CT molecular complexity index is 865. The van der Waals surface area contributed by atoms with E-state index in [-0.39, 0.29) is 11.6 Å². The van der Waals surface area contributed by atoms with E-state index in [1.165, 1.54) is 28.9 Å². The van der Waals surface area contributed by atoms with Gasteiger partial charge in [-0.05, 0) is 62.0 Å². The van der Waals surface area contributed by atoms with E-state index in [2.05, 4.69) is 0 Å². The smallest absolute Gasteiger partial charge is 0.266 e. The predicted molar refractivity (Wildman–Crippen MR) is 98.4 cm³/mol. The summed E-state index contributed by atoms with van der Waals surface area (Å²) in [7, 11) is 0. The second-order valence-corrected chi connectivity index (χ2v) is 6.95. The summed E-state index contributed by atoms with van der Waals surface area (Å²) in [6, 6.07) is 9.88. The summed E-state index contributed by atoms with van der Waals surface area (Å²) in [5, 5.41) is 12.2. The molecule has 1 saturated heterocycles. The maximum absolute atomic E-state index is 12.7. The van der Waals surface area contributed by atoms with Crippen LogP contribution in [0.4, 0.5) is 5.69 Å². The maximum Gasteiger partial charge on any atom is 0.285 e. The van der Waals surface area contributed by atoms with Gasteiger partial charge >= 0.3 is 0 Å². The van der Waals surface area contributed by atoms with Crippen molar-refractivity contribution in [3.63, 3.8) is 0 Å². The first-order valence-corrected chi connectivity index (χ1v) is 8.28. The third kappa shape index (κ3) is 2.85. The van der Waals surface area contributed by atoms with Gasteiger partial charge in [-0.1, -0.05) is 11.8 Å². The molecule has 122 valence electrons. The number of nitrogens with zero attached hydrogens (tertiary/aromatic N) is 3. The van der Waals surface area contributed by atoms with Crippen molar-refractivity contribution in [2.75, 3.05) is 5.01 Å². The Morgan fingerprint density at radius 1 is 1.12 bits per heavy atom. The average molecular weight is 359 g/mol. The molecule has 0 unspecified atom stereocenters. The van der Waals surface area contributed by atoms with Gasteiger partial charge in [0, 0.05) is 23.5 Å². The quantitative estimate of drug-likeness (QED) is 0.363. The van der Waals surface area contributed by atoms with Crippen molar-refractivity contribution in [2.24, 2.45) is 0 Å². The lowest BCUT2D eigenvalue weighted by molar-refractivity contribution is -0.384. The SMILES string of the molecule is Cc1ccc(C)n1N1C(=O)/C(=C\c2ccc([N+](=O)[O-])cc2)SC1=S. The highest BCUT2D eigenvalue weighted by Crippen LogP contribution is 2.32. The number of hydrogen-bond donors (Lipinski definition) is 0. The number of non-ortho nitro benzene ring substituents is 1. The van der Waals surface area contributed by atoms with Crippen molar-refractivity contribution in [1.82, 2.24) is 4.68 Å². The van der Waals surface area contributed by atoms with Crippen LogP contribution in [-0.2, 0) is 4.79 Å². The molecule has 0 spiro atoms. The number of thiocarbonyl (C=S) groups is 1. The largest absolute Gasteiger partial charge is 0.285 e. The monoisotopic (exact) mass is 359 g/mol. The number of thioether (sulfide) groups is 1. The fourth-order valence-electron chi connectivity index (χ4n) is 2.45. The summed E-state index contributed by atoms with van der Waals surface area (Å²) in [4.78, 5) is 23.4. The predicted octanol–water partition coefficient (Wildman–Crippen LogP) is 3.55. The van der Waals surface area contributed by atoms with Gasteiger partial charge in [0.15, 0.2) is 4.32 Å². The topological polar surface area (TPSA) is 68.4 Å². The van der Waals surface area contributed by atoms with Gasteiger partial charge < -0.3 is 0 Å². The van der Waals surface area contributed by atoms with Gasteiger partial charge in [0.1, 0.15) is 0 Å². The molecule has 2 heterocycles. The van der Waals surface area contributed by atoms with E-state index in [9.17, 15) is 14.9 Å². The van der Waals surface area contributed by atoms with Crippen LogP contribution in [0, 0.1) is 24.0 Å². The van der Waals surface area contributed by atoms with Crippen LogP contribution in [0.15, 0.2) is 41.3 Å². The van der Waals surface area contributed by atoms with Gasteiger partial charge in [-0.2, -0.15) is 5.01 Å². The van der Waals surface area contributed by atoms with Gasteiger partial charge in [-0.25, -0.2) is 0 Å². The van der Waals surface area contributed by atoms with Gasteiger partial charge in [0.05, 0.1) is 9.83 Å². The van der Waals surface area contributed by atoms with Crippen LogP contribution in [0.3, 0.4) is 0 Å². The van der Waals surface area contributed by atoms with Crippen molar-refractivity contribution >= 4 is 46.0 Å². The third-order valence-electron chi connectivity index (χ3n) is 3.61. The summed E-state index contributed by atoms with van der Waals surface area (Å²) in [5.41, 5.74) is 2.56. The summed E-state index contributed by atoms with van der Waals surface area (Å²) in [6.07, 6.45) is 1.69. The molecule has 8 heteroatoms. The molecule has 1 aromatic heterocycles. The Kier molecular flexibility index (Phi) is 4.25. The molecule has 1 aliphatic heterocycles. The summed E-state index contributed by atoms with van der Waals surface area (Å²) < 4.78 is 2.24. The van der Waals surface area contributed by atoms with Gasteiger partial charge in [0.2, 0.25) is 0 Å². The highest BCUT2D eigenvalue weighted by atomic mass is 32.2. The van der Waals surface area contributed by atoms with Crippen LogP contribution in [0.2, 0.25) is 0 Å². The molecule has 0 atom stereocenters. The lowest BCUT2D eigenvalue weighted by Crippen LogP contribution is -2.39. The molecular weight excluding hydrogens is 346 g/mol. The fourth-order valence-corrected chi connectivity index (χ4v) is 3.69. The number of amides is 1.